The molecule has 1 saturated heterocycles. The van der Waals surface area contributed by atoms with Crippen LogP contribution in [-0.4, -0.2) is 52.0 Å². The van der Waals surface area contributed by atoms with Crippen molar-refractivity contribution in [2.24, 2.45) is 11.8 Å². The van der Waals surface area contributed by atoms with Gasteiger partial charge in [0.25, 0.3) is 5.78 Å². The minimum absolute atomic E-state index is 0.220. The first-order valence-corrected chi connectivity index (χ1v) is 13.3. The van der Waals surface area contributed by atoms with Crippen LogP contribution in [0.25, 0.3) is 5.78 Å². The average Bonchev–Trinajstić information content (AvgIpc) is 3.34. The van der Waals surface area contributed by atoms with Gasteiger partial charge in [-0.05, 0) is 30.2 Å². The molecule has 1 N–H and O–H groups in total. The molecule has 1 saturated carbocycles. The zero-order valence-corrected chi connectivity index (χ0v) is 21.4. The summed E-state index contributed by atoms with van der Waals surface area (Å²) in [7, 11) is 0. The van der Waals surface area contributed by atoms with Crippen molar-refractivity contribution in [3.05, 3.63) is 53.5 Å². The smallest absolute Gasteiger partial charge is 0.408 e. The molecule has 2 fully saturated rings. The molecule has 10 heteroatoms. The summed E-state index contributed by atoms with van der Waals surface area (Å²) in [5.74, 6) is 2.45. The molecule has 1 aromatic carbocycles. The third-order valence-electron chi connectivity index (χ3n) is 7.15. The molecule has 0 radical (unpaired) electrons. The van der Waals surface area contributed by atoms with Crippen molar-refractivity contribution in [3.63, 3.8) is 0 Å². The Kier molecular flexibility index (Phi) is 7.87. The molecule has 1 aliphatic carbocycles. The second-order valence-electron chi connectivity index (χ2n) is 9.73. The Morgan fingerprint density at radius 1 is 1.17 bits per heavy atom. The first kappa shape index (κ1) is 24.8. The number of nitrogens with zero attached hydrogens (tertiary/aromatic N) is 5. The van der Waals surface area contributed by atoms with Crippen molar-refractivity contribution in [1.29, 1.82) is 0 Å². The number of imidazole rings is 1. The van der Waals surface area contributed by atoms with E-state index >= 15 is 0 Å². The van der Waals surface area contributed by atoms with Crippen molar-refractivity contribution in [2.75, 3.05) is 31.2 Å². The minimum atomic E-state index is -0.448. The lowest BCUT2D eigenvalue weighted by atomic mass is 9.78. The number of nitrogens with one attached hydrogen (secondary N) is 1. The molecule has 0 unspecified atom stereocenters. The number of alkyl carbamates (subject to hydrolysis) is 1. The zero-order valence-electron chi connectivity index (χ0n) is 20.6. The van der Waals surface area contributed by atoms with E-state index in [1.165, 1.54) is 0 Å². The number of alkyl halides is 1. The van der Waals surface area contributed by atoms with E-state index in [-0.39, 0.29) is 24.4 Å². The molecule has 36 heavy (non-hydrogen) atoms. The van der Waals surface area contributed by atoms with E-state index in [4.69, 9.17) is 36.1 Å². The van der Waals surface area contributed by atoms with Crippen LogP contribution in [0.3, 0.4) is 0 Å². The van der Waals surface area contributed by atoms with E-state index in [2.05, 4.69) is 17.1 Å². The van der Waals surface area contributed by atoms with E-state index in [1.54, 1.807) is 4.52 Å². The quantitative estimate of drug-likeness (QED) is 0.466. The van der Waals surface area contributed by atoms with Crippen molar-refractivity contribution in [3.8, 4) is 0 Å². The number of benzene rings is 1. The second-order valence-corrected chi connectivity index (χ2v) is 10.00. The van der Waals surface area contributed by atoms with Gasteiger partial charge in [0.05, 0.1) is 37.0 Å². The van der Waals surface area contributed by atoms with Crippen LogP contribution in [0.1, 0.15) is 55.6 Å². The van der Waals surface area contributed by atoms with E-state index in [0.29, 0.717) is 30.6 Å². The Bertz CT molecular complexity index is 1160. The maximum absolute atomic E-state index is 12.8. The van der Waals surface area contributed by atoms with Crippen LogP contribution in [0.2, 0.25) is 0 Å². The van der Waals surface area contributed by atoms with Crippen LogP contribution < -0.4 is 10.2 Å². The van der Waals surface area contributed by atoms with Gasteiger partial charge in [0, 0.05) is 13.1 Å². The Balaban J connectivity index is 1.40. The van der Waals surface area contributed by atoms with E-state index in [9.17, 15) is 4.79 Å². The van der Waals surface area contributed by atoms with Crippen LogP contribution >= 0.6 is 11.6 Å². The fraction of sp³-hybridized carbons (Fsp3) is 0.538. The van der Waals surface area contributed by atoms with Gasteiger partial charge < -0.3 is 19.7 Å². The highest BCUT2D eigenvalue weighted by molar-refractivity contribution is 6.17. The van der Waals surface area contributed by atoms with E-state index in [0.717, 1.165) is 55.8 Å². The highest BCUT2D eigenvalue weighted by Gasteiger charge is 2.31. The summed E-state index contributed by atoms with van der Waals surface area (Å²) in [6.07, 6.45) is 5.71. The second kappa shape index (κ2) is 11.4. The molecule has 192 valence electrons. The van der Waals surface area contributed by atoms with Crippen LogP contribution in [0.15, 0.2) is 36.5 Å². The number of aromatic nitrogens is 4. The summed E-state index contributed by atoms with van der Waals surface area (Å²) in [6.45, 7) is 5.26. The summed E-state index contributed by atoms with van der Waals surface area (Å²) >= 11 is 6.24. The highest BCUT2D eigenvalue weighted by atomic mass is 35.5. The number of hydrogen-bond donors (Lipinski definition) is 1. The molecule has 9 nitrogen and oxygen atoms in total. The Labute approximate surface area is 216 Å². The van der Waals surface area contributed by atoms with Gasteiger partial charge >= 0.3 is 6.09 Å². The lowest BCUT2D eigenvalue weighted by Gasteiger charge is -2.32. The van der Waals surface area contributed by atoms with Crippen LogP contribution in [0, 0.1) is 11.8 Å². The van der Waals surface area contributed by atoms with Crippen LogP contribution in [0.4, 0.5) is 10.6 Å². The maximum Gasteiger partial charge on any atom is 0.408 e. The molecule has 3 heterocycles. The molecule has 2 aliphatic rings. The summed E-state index contributed by atoms with van der Waals surface area (Å²) < 4.78 is 12.7. The number of fused-ring (bicyclic) bond motifs is 1. The first-order valence-electron chi connectivity index (χ1n) is 12.7. The molecule has 0 spiro atoms. The number of carbonyl (C=O) groups excluding carboxylic acids is 1. The van der Waals surface area contributed by atoms with Crippen molar-refractivity contribution in [1.82, 2.24) is 24.9 Å². The number of halogens is 1. The predicted molar refractivity (Wildman–Crippen MR) is 137 cm³/mol. The fourth-order valence-electron chi connectivity index (χ4n) is 5.07. The number of ether oxygens (including phenoxy) is 2. The lowest BCUT2D eigenvalue weighted by molar-refractivity contribution is 0.122. The van der Waals surface area contributed by atoms with Gasteiger partial charge in [0.15, 0.2) is 5.82 Å². The molecule has 1 aliphatic heterocycles. The molecular weight excluding hydrogens is 480 g/mol. The largest absolute Gasteiger partial charge is 0.445 e. The highest BCUT2D eigenvalue weighted by Crippen LogP contribution is 2.36. The van der Waals surface area contributed by atoms with Crippen molar-refractivity contribution < 1.29 is 14.3 Å². The topological polar surface area (TPSA) is 93.9 Å². The molecule has 1 atom stereocenters. The molecule has 1 amide bonds. The number of rotatable bonds is 7. The Morgan fingerprint density at radius 2 is 1.92 bits per heavy atom. The maximum atomic E-state index is 12.8. The number of hydrogen-bond acceptors (Lipinski definition) is 7. The van der Waals surface area contributed by atoms with Crippen LogP contribution in [0.5, 0.6) is 0 Å². The van der Waals surface area contributed by atoms with Gasteiger partial charge in [-0.25, -0.2) is 14.3 Å². The molecule has 5 rings (SSSR count). The standard InChI is InChI=1S/C26H33ClN6O3/c1-18-7-9-20(10-8-18)23(29-26(34)36-17-19-5-3-2-4-6-19)22-16-33-25(28-22)30-24(21(15-27)31-33)32-11-13-35-14-12-32/h2-6,16,18,20,23H,7-15,17H2,1H3,(H,29,34)/t18?,20?,23-/m0/s1. The molecular formula is C26H33ClN6O3. The Hall–Kier alpha value is -2.91. The van der Waals surface area contributed by atoms with Gasteiger partial charge in [-0.3, -0.25) is 0 Å². The van der Waals surface area contributed by atoms with Crippen LogP contribution in [-0.2, 0) is 22.0 Å². The molecule has 3 aromatic rings. The molecule has 2 aromatic heterocycles. The fourth-order valence-corrected chi connectivity index (χ4v) is 5.24. The van der Waals surface area contributed by atoms with Gasteiger partial charge in [0.1, 0.15) is 12.3 Å². The number of carbonyl (C=O) groups is 1. The van der Waals surface area contributed by atoms with Crippen molar-refractivity contribution in [2.45, 2.75) is 51.1 Å². The van der Waals surface area contributed by atoms with Gasteiger partial charge in [-0.15, -0.1) is 11.6 Å². The minimum Gasteiger partial charge on any atom is -0.445 e. The van der Waals surface area contributed by atoms with E-state index in [1.807, 2.05) is 36.5 Å². The van der Waals surface area contributed by atoms with Gasteiger partial charge in [-0.2, -0.15) is 10.1 Å². The third-order valence-corrected chi connectivity index (χ3v) is 7.41. The summed E-state index contributed by atoms with van der Waals surface area (Å²) in [5.41, 5.74) is 2.39. The first-order chi connectivity index (χ1) is 17.6. The SMILES string of the molecule is CC1CCC([C@H](NC(=O)OCc2ccccc2)c2cn3nc(CCl)c(N4CCOCC4)nc3n2)CC1. The third kappa shape index (κ3) is 5.73. The lowest BCUT2D eigenvalue weighted by Crippen LogP contribution is -2.37. The number of amides is 1. The predicted octanol–water partition coefficient (Wildman–Crippen LogP) is 4.49. The number of anilines is 1. The summed E-state index contributed by atoms with van der Waals surface area (Å²) in [6, 6.07) is 9.39. The number of morpholine rings is 1. The zero-order chi connectivity index (χ0) is 24.9. The average molecular weight is 513 g/mol. The van der Waals surface area contributed by atoms with E-state index < -0.39 is 6.09 Å². The van der Waals surface area contributed by atoms with Gasteiger partial charge in [0.2, 0.25) is 0 Å². The van der Waals surface area contributed by atoms with Crippen molar-refractivity contribution >= 4 is 29.3 Å². The normalized spacial score (nSPS) is 21.3. The monoisotopic (exact) mass is 512 g/mol. The summed E-state index contributed by atoms with van der Waals surface area (Å²) in [4.78, 5) is 24.6. The molecule has 0 bridgehead atoms. The summed E-state index contributed by atoms with van der Waals surface area (Å²) in [5, 5.41) is 7.83. The van der Waals surface area contributed by atoms with Gasteiger partial charge in [-0.1, -0.05) is 50.1 Å². The Morgan fingerprint density at radius 3 is 2.64 bits per heavy atom.